The molecule has 112 valence electrons. The molecule has 0 saturated carbocycles. The van der Waals surface area contributed by atoms with Gasteiger partial charge in [0, 0.05) is 18.7 Å². The molecule has 2 aromatic rings. The first kappa shape index (κ1) is 15.4. The first-order valence-electron chi connectivity index (χ1n) is 6.81. The largest absolute Gasteiger partial charge is 0.348 e. The van der Waals surface area contributed by atoms with Gasteiger partial charge in [-0.3, -0.25) is 14.9 Å². The summed E-state index contributed by atoms with van der Waals surface area (Å²) in [5, 5.41) is 13.6. The number of nitro benzene ring substituents is 1. The van der Waals surface area contributed by atoms with Crippen LogP contribution in [0, 0.1) is 17.0 Å². The Morgan fingerprint density at radius 1 is 1.18 bits per heavy atom. The molecule has 0 fully saturated rings. The Labute approximate surface area is 128 Å². The molecule has 0 aliphatic heterocycles. The highest BCUT2D eigenvalue weighted by atomic mass is 16.6. The third-order valence-electron chi connectivity index (χ3n) is 3.14. The molecular weight excluding hydrogens is 280 g/mol. The number of carbonyl (C=O) groups is 1. The van der Waals surface area contributed by atoms with Gasteiger partial charge < -0.3 is 5.32 Å². The van der Waals surface area contributed by atoms with Crippen LogP contribution in [-0.4, -0.2) is 10.8 Å². The Balaban J connectivity index is 1.97. The fourth-order valence-electron chi connectivity index (χ4n) is 1.91. The molecule has 2 rings (SSSR count). The number of nitrogens with zero attached hydrogens (tertiary/aromatic N) is 1. The van der Waals surface area contributed by atoms with Crippen LogP contribution in [-0.2, 0) is 11.3 Å². The van der Waals surface area contributed by atoms with E-state index in [0.29, 0.717) is 12.1 Å². The monoisotopic (exact) mass is 296 g/mol. The van der Waals surface area contributed by atoms with Gasteiger partial charge in [0.1, 0.15) is 0 Å². The number of hydrogen-bond acceptors (Lipinski definition) is 3. The number of carbonyl (C=O) groups excluding carboxylic acids is 1. The van der Waals surface area contributed by atoms with Gasteiger partial charge in [-0.15, -0.1) is 0 Å². The zero-order chi connectivity index (χ0) is 15.9. The molecule has 1 amide bonds. The van der Waals surface area contributed by atoms with Gasteiger partial charge in [-0.1, -0.05) is 42.0 Å². The summed E-state index contributed by atoms with van der Waals surface area (Å²) in [5.41, 5.74) is 2.53. The normalized spacial score (nSPS) is 10.6. The maximum absolute atomic E-state index is 11.8. The molecule has 0 saturated heterocycles. The Hall–Kier alpha value is -2.95. The number of amides is 1. The van der Waals surface area contributed by atoms with E-state index >= 15 is 0 Å². The van der Waals surface area contributed by atoms with Gasteiger partial charge in [-0.25, -0.2) is 0 Å². The Morgan fingerprint density at radius 3 is 2.55 bits per heavy atom. The maximum Gasteiger partial charge on any atom is 0.276 e. The zero-order valence-electron chi connectivity index (χ0n) is 12.2. The maximum atomic E-state index is 11.8. The van der Waals surface area contributed by atoms with E-state index in [-0.39, 0.29) is 11.6 Å². The number of aryl methyl sites for hydroxylation is 1. The molecule has 5 nitrogen and oxygen atoms in total. The Morgan fingerprint density at radius 2 is 1.86 bits per heavy atom. The average molecular weight is 296 g/mol. The van der Waals surface area contributed by atoms with Gasteiger partial charge in [0.2, 0.25) is 5.91 Å². The summed E-state index contributed by atoms with van der Waals surface area (Å²) in [5.74, 6) is -0.293. The summed E-state index contributed by atoms with van der Waals surface area (Å²) in [6.07, 6.45) is 2.75. The molecule has 0 bridgehead atoms. The lowest BCUT2D eigenvalue weighted by atomic mass is 10.1. The van der Waals surface area contributed by atoms with Gasteiger partial charge in [-0.05, 0) is 24.6 Å². The Bertz CT molecular complexity index is 706. The van der Waals surface area contributed by atoms with E-state index < -0.39 is 4.92 Å². The molecule has 0 aromatic heterocycles. The van der Waals surface area contributed by atoms with Crippen molar-refractivity contribution in [3.63, 3.8) is 0 Å². The number of nitro groups is 1. The number of hydrogen-bond donors (Lipinski definition) is 1. The topological polar surface area (TPSA) is 72.2 Å². The second-order valence-electron chi connectivity index (χ2n) is 4.85. The molecule has 0 atom stereocenters. The van der Waals surface area contributed by atoms with Crippen molar-refractivity contribution in [2.75, 3.05) is 0 Å². The standard InChI is InChI=1S/C17H16N2O3/c1-13-6-8-14(9-7-13)12-18-17(20)11-10-15-4-2-3-5-16(15)19(21)22/h2-11H,12H2,1H3,(H,18,20). The van der Waals surface area contributed by atoms with E-state index in [1.54, 1.807) is 18.2 Å². The number of benzene rings is 2. The van der Waals surface area contributed by atoms with E-state index in [4.69, 9.17) is 0 Å². The fraction of sp³-hybridized carbons (Fsp3) is 0.118. The summed E-state index contributed by atoms with van der Waals surface area (Å²) in [7, 11) is 0. The predicted molar refractivity (Wildman–Crippen MR) is 85.2 cm³/mol. The quantitative estimate of drug-likeness (QED) is 0.523. The van der Waals surface area contributed by atoms with Crippen molar-refractivity contribution in [1.82, 2.24) is 5.32 Å². The highest BCUT2D eigenvalue weighted by Gasteiger charge is 2.09. The van der Waals surface area contributed by atoms with E-state index in [9.17, 15) is 14.9 Å². The van der Waals surface area contributed by atoms with Gasteiger partial charge >= 0.3 is 0 Å². The zero-order valence-corrected chi connectivity index (χ0v) is 12.2. The smallest absolute Gasteiger partial charge is 0.276 e. The summed E-state index contributed by atoms with van der Waals surface area (Å²) in [6.45, 7) is 2.41. The molecule has 5 heteroatoms. The van der Waals surface area contributed by atoms with Crippen molar-refractivity contribution in [3.05, 3.63) is 81.4 Å². The summed E-state index contributed by atoms with van der Waals surface area (Å²) < 4.78 is 0. The minimum absolute atomic E-state index is 0.0231. The second-order valence-corrected chi connectivity index (χ2v) is 4.85. The van der Waals surface area contributed by atoms with Crippen molar-refractivity contribution in [3.8, 4) is 0 Å². The highest BCUT2D eigenvalue weighted by molar-refractivity contribution is 5.92. The molecule has 0 unspecified atom stereocenters. The summed E-state index contributed by atoms with van der Waals surface area (Å²) >= 11 is 0. The fourth-order valence-corrected chi connectivity index (χ4v) is 1.91. The lowest BCUT2D eigenvalue weighted by Crippen LogP contribution is -2.20. The number of nitrogens with one attached hydrogen (secondary N) is 1. The van der Waals surface area contributed by atoms with E-state index in [1.807, 2.05) is 31.2 Å². The minimum atomic E-state index is -0.468. The number of para-hydroxylation sites is 1. The molecule has 0 aliphatic carbocycles. The van der Waals surface area contributed by atoms with E-state index in [2.05, 4.69) is 5.32 Å². The molecule has 2 aromatic carbocycles. The van der Waals surface area contributed by atoms with Crippen LogP contribution in [0.3, 0.4) is 0 Å². The third-order valence-corrected chi connectivity index (χ3v) is 3.14. The summed E-state index contributed by atoms with van der Waals surface area (Å²) in [6, 6.07) is 14.1. The van der Waals surface area contributed by atoms with Gasteiger partial charge in [-0.2, -0.15) is 0 Å². The average Bonchev–Trinajstić information content (AvgIpc) is 2.52. The van der Waals surface area contributed by atoms with Crippen molar-refractivity contribution in [2.24, 2.45) is 0 Å². The van der Waals surface area contributed by atoms with Gasteiger partial charge in [0.25, 0.3) is 5.69 Å². The predicted octanol–water partition coefficient (Wildman–Crippen LogP) is 3.23. The first-order valence-corrected chi connectivity index (χ1v) is 6.81. The first-order chi connectivity index (χ1) is 10.6. The van der Waals surface area contributed by atoms with Gasteiger partial charge in [0.05, 0.1) is 10.5 Å². The molecule has 0 spiro atoms. The third kappa shape index (κ3) is 4.28. The minimum Gasteiger partial charge on any atom is -0.348 e. The number of rotatable bonds is 5. The lowest BCUT2D eigenvalue weighted by Gasteiger charge is -2.03. The van der Waals surface area contributed by atoms with Crippen LogP contribution in [0.5, 0.6) is 0 Å². The highest BCUT2D eigenvalue weighted by Crippen LogP contribution is 2.18. The van der Waals surface area contributed by atoms with Crippen LogP contribution in [0.25, 0.3) is 6.08 Å². The van der Waals surface area contributed by atoms with Gasteiger partial charge in [0.15, 0.2) is 0 Å². The molecule has 22 heavy (non-hydrogen) atoms. The van der Waals surface area contributed by atoms with Crippen LogP contribution in [0.15, 0.2) is 54.6 Å². The molecule has 0 heterocycles. The van der Waals surface area contributed by atoms with Crippen molar-refractivity contribution in [1.29, 1.82) is 0 Å². The van der Waals surface area contributed by atoms with Crippen molar-refractivity contribution in [2.45, 2.75) is 13.5 Å². The van der Waals surface area contributed by atoms with Crippen LogP contribution >= 0.6 is 0 Å². The molecule has 1 N–H and O–H groups in total. The van der Waals surface area contributed by atoms with Crippen LogP contribution in [0.4, 0.5) is 5.69 Å². The molecule has 0 radical (unpaired) electrons. The molecule has 0 aliphatic rings. The Kier molecular flexibility index (Phi) is 5.03. The van der Waals surface area contributed by atoms with Crippen molar-refractivity contribution < 1.29 is 9.72 Å². The van der Waals surface area contributed by atoms with Crippen LogP contribution in [0.2, 0.25) is 0 Å². The van der Waals surface area contributed by atoms with Crippen LogP contribution in [0.1, 0.15) is 16.7 Å². The lowest BCUT2D eigenvalue weighted by molar-refractivity contribution is -0.385. The second kappa shape index (κ2) is 7.17. The van der Waals surface area contributed by atoms with E-state index in [0.717, 1.165) is 11.1 Å². The molecular formula is C17H16N2O3. The SMILES string of the molecule is Cc1ccc(CNC(=O)C=Cc2ccccc2[N+](=O)[O-])cc1. The van der Waals surface area contributed by atoms with Crippen LogP contribution < -0.4 is 5.32 Å². The van der Waals surface area contributed by atoms with Crippen molar-refractivity contribution >= 4 is 17.7 Å². The van der Waals surface area contributed by atoms with E-state index in [1.165, 1.54) is 18.2 Å². The summed E-state index contributed by atoms with van der Waals surface area (Å²) in [4.78, 5) is 22.2.